The Bertz CT molecular complexity index is 602. The van der Waals surface area contributed by atoms with E-state index < -0.39 is 14.9 Å². The smallest absolute Gasteiger partial charge is 0.270 e. The standard InChI is InChI=1S/C12H17N3O4S/c13-11-6-1-2-7-12(11)14-20(18,19)10-5-3-4-9(8-10)15(16)17/h3-5,8,11-12,14H,1-2,6-7,13H2/t11-,12-/m1/s1. The molecule has 1 aromatic rings. The average molecular weight is 299 g/mol. The predicted octanol–water partition coefficient (Wildman–Crippen LogP) is 1.14. The molecule has 20 heavy (non-hydrogen) atoms. The summed E-state index contributed by atoms with van der Waals surface area (Å²) in [6.45, 7) is 0. The van der Waals surface area contributed by atoms with Gasteiger partial charge in [-0.15, -0.1) is 0 Å². The lowest BCUT2D eigenvalue weighted by atomic mass is 9.92. The van der Waals surface area contributed by atoms with Crippen molar-refractivity contribution in [3.05, 3.63) is 34.4 Å². The van der Waals surface area contributed by atoms with Gasteiger partial charge in [-0.1, -0.05) is 18.9 Å². The SMILES string of the molecule is N[C@@H]1CCCC[C@H]1NS(=O)(=O)c1cccc([N+](=O)[O-])c1. The van der Waals surface area contributed by atoms with Crippen LogP contribution in [-0.2, 0) is 10.0 Å². The number of sulfonamides is 1. The normalized spacial score (nSPS) is 23.4. The van der Waals surface area contributed by atoms with E-state index in [-0.39, 0.29) is 22.7 Å². The van der Waals surface area contributed by atoms with E-state index >= 15 is 0 Å². The van der Waals surface area contributed by atoms with Crippen molar-refractivity contribution in [1.82, 2.24) is 4.72 Å². The predicted molar refractivity (Wildman–Crippen MR) is 73.6 cm³/mol. The highest BCUT2D eigenvalue weighted by atomic mass is 32.2. The van der Waals surface area contributed by atoms with Crippen molar-refractivity contribution in [2.24, 2.45) is 5.73 Å². The number of nitro benzene ring substituents is 1. The van der Waals surface area contributed by atoms with Crippen LogP contribution >= 0.6 is 0 Å². The molecule has 0 radical (unpaired) electrons. The first-order valence-corrected chi connectivity index (χ1v) is 7.91. The summed E-state index contributed by atoms with van der Waals surface area (Å²) in [7, 11) is -3.78. The van der Waals surface area contributed by atoms with E-state index in [2.05, 4.69) is 4.72 Å². The Kier molecular flexibility index (Phi) is 4.36. The number of hydrogen-bond acceptors (Lipinski definition) is 5. The molecule has 8 heteroatoms. The van der Waals surface area contributed by atoms with Crippen LogP contribution in [0.4, 0.5) is 5.69 Å². The van der Waals surface area contributed by atoms with Gasteiger partial charge in [0.05, 0.1) is 9.82 Å². The zero-order valence-electron chi connectivity index (χ0n) is 10.9. The third kappa shape index (κ3) is 3.33. The number of nitrogens with one attached hydrogen (secondary N) is 1. The second-order valence-electron chi connectivity index (χ2n) is 4.93. The molecule has 110 valence electrons. The maximum Gasteiger partial charge on any atom is 0.270 e. The van der Waals surface area contributed by atoms with Crippen LogP contribution in [0.2, 0.25) is 0 Å². The quantitative estimate of drug-likeness (QED) is 0.639. The molecule has 2 rings (SSSR count). The fourth-order valence-corrected chi connectivity index (χ4v) is 3.70. The number of rotatable bonds is 4. The maximum absolute atomic E-state index is 12.2. The minimum absolute atomic E-state index is 0.107. The molecular formula is C12H17N3O4S. The second kappa shape index (κ2) is 5.86. The van der Waals surface area contributed by atoms with Gasteiger partial charge < -0.3 is 5.73 Å². The highest BCUT2D eigenvalue weighted by Crippen LogP contribution is 2.21. The number of benzene rings is 1. The molecule has 2 atom stereocenters. The summed E-state index contributed by atoms with van der Waals surface area (Å²) in [5.41, 5.74) is 5.66. The third-order valence-corrected chi connectivity index (χ3v) is 4.95. The first-order valence-electron chi connectivity index (χ1n) is 6.42. The van der Waals surface area contributed by atoms with E-state index in [1.165, 1.54) is 18.2 Å². The van der Waals surface area contributed by atoms with Crippen LogP contribution in [0.15, 0.2) is 29.2 Å². The molecule has 0 aromatic heterocycles. The van der Waals surface area contributed by atoms with Crippen LogP contribution in [0.1, 0.15) is 25.7 Å². The van der Waals surface area contributed by atoms with Crippen molar-refractivity contribution in [2.75, 3.05) is 0 Å². The van der Waals surface area contributed by atoms with E-state index in [9.17, 15) is 18.5 Å². The number of hydrogen-bond donors (Lipinski definition) is 2. The van der Waals surface area contributed by atoms with Gasteiger partial charge in [-0.2, -0.15) is 0 Å². The molecule has 1 aliphatic carbocycles. The number of nitrogens with zero attached hydrogens (tertiary/aromatic N) is 1. The van der Waals surface area contributed by atoms with Gasteiger partial charge in [0.1, 0.15) is 0 Å². The van der Waals surface area contributed by atoms with Gasteiger partial charge in [0, 0.05) is 24.2 Å². The van der Waals surface area contributed by atoms with Crippen molar-refractivity contribution in [2.45, 2.75) is 42.7 Å². The van der Waals surface area contributed by atoms with Gasteiger partial charge in [0.15, 0.2) is 0 Å². The van der Waals surface area contributed by atoms with E-state index in [0.717, 1.165) is 25.3 Å². The summed E-state index contributed by atoms with van der Waals surface area (Å²) in [6.07, 6.45) is 3.39. The van der Waals surface area contributed by atoms with Crippen LogP contribution in [0.25, 0.3) is 0 Å². The highest BCUT2D eigenvalue weighted by molar-refractivity contribution is 7.89. The lowest BCUT2D eigenvalue weighted by Crippen LogP contribution is -2.49. The first-order chi connectivity index (χ1) is 9.40. The Morgan fingerprint density at radius 2 is 2.00 bits per heavy atom. The fourth-order valence-electron chi connectivity index (χ4n) is 2.34. The Labute approximate surface area is 117 Å². The monoisotopic (exact) mass is 299 g/mol. The molecule has 0 amide bonds. The first kappa shape index (κ1) is 14.9. The molecule has 1 saturated carbocycles. The number of nitro groups is 1. The Hall–Kier alpha value is -1.51. The molecule has 0 saturated heterocycles. The zero-order chi connectivity index (χ0) is 14.8. The maximum atomic E-state index is 12.2. The Balaban J connectivity index is 2.21. The zero-order valence-corrected chi connectivity index (χ0v) is 11.7. The van der Waals surface area contributed by atoms with Gasteiger partial charge in [-0.05, 0) is 18.9 Å². The van der Waals surface area contributed by atoms with E-state index in [1.807, 2.05) is 0 Å². The van der Waals surface area contributed by atoms with Crippen LogP contribution in [0.3, 0.4) is 0 Å². The lowest BCUT2D eigenvalue weighted by Gasteiger charge is -2.28. The topological polar surface area (TPSA) is 115 Å². The molecule has 0 heterocycles. The molecule has 1 fully saturated rings. The van der Waals surface area contributed by atoms with Crippen LogP contribution in [-0.4, -0.2) is 25.4 Å². The largest absolute Gasteiger partial charge is 0.326 e. The van der Waals surface area contributed by atoms with Crippen LogP contribution < -0.4 is 10.5 Å². The van der Waals surface area contributed by atoms with Gasteiger partial charge in [0.25, 0.3) is 5.69 Å². The van der Waals surface area contributed by atoms with Crippen LogP contribution in [0, 0.1) is 10.1 Å². The van der Waals surface area contributed by atoms with Crippen molar-refractivity contribution in [3.63, 3.8) is 0 Å². The van der Waals surface area contributed by atoms with Crippen molar-refractivity contribution in [3.8, 4) is 0 Å². The Morgan fingerprint density at radius 3 is 2.65 bits per heavy atom. The molecule has 0 bridgehead atoms. The molecule has 7 nitrogen and oxygen atoms in total. The van der Waals surface area contributed by atoms with Gasteiger partial charge in [-0.3, -0.25) is 10.1 Å². The highest BCUT2D eigenvalue weighted by Gasteiger charge is 2.27. The van der Waals surface area contributed by atoms with Crippen molar-refractivity contribution < 1.29 is 13.3 Å². The minimum Gasteiger partial charge on any atom is -0.326 e. The molecule has 0 unspecified atom stereocenters. The minimum atomic E-state index is -3.78. The van der Waals surface area contributed by atoms with Crippen molar-refractivity contribution >= 4 is 15.7 Å². The Morgan fingerprint density at radius 1 is 1.30 bits per heavy atom. The molecule has 0 spiro atoms. The van der Waals surface area contributed by atoms with E-state index in [1.54, 1.807) is 0 Å². The summed E-state index contributed by atoms with van der Waals surface area (Å²) < 4.78 is 27.0. The fraction of sp³-hybridized carbons (Fsp3) is 0.500. The van der Waals surface area contributed by atoms with E-state index in [4.69, 9.17) is 5.73 Å². The summed E-state index contributed by atoms with van der Waals surface area (Å²) >= 11 is 0. The summed E-state index contributed by atoms with van der Waals surface area (Å²) in [4.78, 5) is 9.97. The molecule has 3 N–H and O–H groups in total. The van der Waals surface area contributed by atoms with Gasteiger partial charge >= 0.3 is 0 Å². The van der Waals surface area contributed by atoms with Gasteiger partial charge in [0.2, 0.25) is 10.0 Å². The van der Waals surface area contributed by atoms with E-state index in [0.29, 0.717) is 6.42 Å². The third-order valence-electron chi connectivity index (χ3n) is 3.46. The van der Waals surface area contributed by atoms with Crippen LogP contribution in [0.5, 0.6) is 0 Å². The second-order valence-corrected chi connectivity index (χ2v) is 6.64. The average Bonchev–Trinajstić information content (AvgIpc) is 2.41. The number of non-ortho nitro benzene ring substituents is 1. The molecule has 1 aromatic carbocycles. The molecule has 0 aliphatic heterocycles. The van der Waals surface area contributed by atoms with Crippen molar-refractivity contribution in [1.29, 1.82) is 0 Å². The van der Waals surface area contributed by atoms with Gasteiger partial charge in [-0.25, -0.2) is 13.1 Å². The summed E-state index contributed by atoms with van der Waals surface area (Å²) in [6, 6.07) is 4.48. The molecule has 1 aliphatic rings. The number of nitrogens with two attached hydrogens (primary N) is 1. The summed E-state index contributed by atoms with van der Waals surface area (Å²) in [5.74, 6) is 0. The lowest BCUT2D eigenvalue weighted by molar-refractivity contribution is -0.385. The molecular weight excluding hydrogens is 282 g/mol. The summed E-state index contributed by atoms with van der Waals surface area (Å²) in [5, 5.41) is 10.7.